The predicted octanol–water partition coefficient (Wildman–Crippen LogP) is 1.55. The Hall–Kier alpha value is -1.30. The summed E-state index contributed by atoms with van der Waals surface area (Å²) in [5.41, 5.74) is 0.684. The minimum Gasteiger partial charge on any atom is -0.354 e. The van der Waals surface area contributed by atoms with Gasteiger partial charge in [-0.2, -0.15) is 0 Å². The molecule has 19 heavy (non-hydrogen) atoms. The number of carbonyl (C=O) groups excluding carboxylic acids is 2. The van der Waals surface area contributed by atoms with Gasteiger partial charge in [-0.25, -0.2) is 0 Å². The molecule has 0 spiro atoms. The molecule has 1 aromatic rings. The molecule has 0 aromatic carbocycles. The summed E-state index contributed by atoms with van der Waals surface area (Å²) in [5, 5.41) is 2.79. The quantitative estimate of drug-likeness (QED) is 0.896. The minimum atomic E-state index is -0.0746. The maximum absolute atomic E-state index is 12.6. The van der Waals surface area contributed by atoms with E-state index < -0.39 is 0 Å². The normalized spacial score (nSPS) is 20.1. The van der Waals surface area contributed by atoms with Crippen LogP contribution in [0, 0.1) is 0 Å². The van der Waals surface area contributed by atoms with Crippen molar-refractivity contribution in [1.29, 1.82) is 0 Å². The topological polar surface area (TPSA) is 54.3 Å². The zero-order valence-corrected chi connectivity index (χ0v) is 12.1. The smallest absolute Gasteiger partial charge is 0.270 e. The molecule has 1 aromatic heterocycles. The van der Waals surface area contributed by atoms with Crippen molar-refractivity contribution >= 4 is 27.7 Å². The summed E-state index contributed by atoms with van der Waals surface area (Å²) >= 11 is 3.43. The Labute approximate surface area is 120 Å². The van der Waals surface area contributed by atoms with E-state index in [-0.39, 0.29) is 18.4 Å². The molecule has 6 heteroatoms. The lowest BCUT2D eigenvalue weighted by molar-refractivity contribution is -0.121. The third-order valence-electron chi connectivity index (χ3n) is 3.52. The summed E-state index contributed by atoms with van der Waals surface area (Å²) < 4.78 is 2.96. The summed E-state index contributed by atoms with van der Waals surface area (Å²) in [6, 6.07) is 2.30. The van der Waals surface area contributed by atoms with Crippen LogP contribution in [0.25, 0.3) is 0 Å². The largest absolute Gasteiger partial charge is 0.354 e. The van der Waals surface area contributed by atoms with Crippen LogP contribution < -0.4 is 5.32 Å². The standard InChI is InChI=1S/C13H16BrN3O2/c14-9-6-11(17(7-9)10-2-3-10)13(19)16-5-1-4-15-12(18)8-16/h6-7,10H,1-5,8H2,(H,15,18). The molecule has 2 heterocycles. The Kier molecular flexibility index (Phi) is 3.35. The highest BCUT2D eigenvalue weighted by Gasteiger charge is 2.30. The summed E-state index contributed by atoms with van der Waals surface area (Å²) in [5.74, 6) is -0.121. The number of rotatable bonds is 2. The zero-order valence-electron chi connectivity index (χ0n) is 10.6. The Morgan fingerprint density at radius 2 is 2.21 bits per heavy atom. The highest BCUT2D eigenvalue weighted by atomic mass is 79.9. The van der Waals surface area contributed by atoms with Crippen LogP contribution in [0.1, 0.15) is 35.8 Å². The van der Waals surface area contributed by atoms with Gasteiger partial charge in [-0.3, -0.25) is 9.59 Å². The average molecular weight is 326 g/mol. The molecular weight excluding hydrogens is 310 g/mol. The van der Waals surface area contributed by atoms with Crippen LogP contribution in [0.2, 0.25) is 0 Å². The first-order valence-corrected chi connectivity index (χ1v) is 7.38. The third kappa shape index (κ3) is 2.68. The Balaban J connectivity index is 1.84. The van der Waals surface area contributed by atoms with Crippen molar-refractivity contribution in [2.45, 2.75) is 25.3 Å². The number of halogens is 1. The molecule has 2 amide bonds. The van der Waals surface area contributed by atoms with Gasteiger partial charge in [0.1, 0.15) is 5.69 Å². The lowest BCUT2D eigenvalue weighted by Crippen LogP contribution is -2.38. The van der Waals surface area contributed by atoms with E-state index in [0.29, 0.717) is 24.8 Å². The number of hydrogen-bond acceptors (Lipinski definition) is 2. The fourth-order valence-electron chi connectivity index (χ4n) is 2.41. The number of nitrogens with zero attached hydrogens (tertiary/aromatic N) is 2. The maximum atomic E-state index is 12.6. The van der Waals surface area contributed by atoms with Gasteiger partial charge in [0.25, 0.3) is 5.91 Å². The Bertz CT molecular complexity index is 522. The van der Waals surface area contributed by atoms with Gasteiger partial charge >= 0.3 is 0 Å². The second-order valence-electron chi connectivity index (χ2n) is 5.11. The van der Waals surface area contributed by atoms with E-state index in [1.165, 1.54) is 0 Å². The summed E-state index contributed by atoms with van der Waals surface area (Å²) in [6.45, 7) is 1.44. The first-order chi connectivity index (χ1) is 9.15. The molecule has 1 aliphatic heterocycles. The lowest BCUT2D eigenvalue weighted by Gasteiger charge is -2.19. The molecule has 3 rings (SSSR count). The number of hydrogen-bond donors (Lipinski definition) is 1. The molecule has 102 valence electrons. The van der Waals surface area contributed by atoms with E-state index in [0.717, 1.165) is 23.7 Å². The third-order valence-corrected chi connectivity index (χ3v) is 3.96. The SMILES string of the molecule is O=C1CN(C(=O)c2cc(Br)cn2C2CC2)CCCN1. The van der Waals surface area contributed by atoms with Crippen molar-refractivity contribution in [1.82, 2.24) is 14.8 Å². The fourth-order valence-corrected chi connectivity index (χ4v) is 2.85. The van der Waals surface area contributed by atoms with Crippen molar-refractivity contribution in [3.05, 3.63) is 22.4 Å². The number of aromatic nitrogens is 1. The molecule has 0 bridgehead atoms. The molecule has 1 saturated heterocycles. The van der Waals surface area contributed by atoms with Crippen LogP contribution in [0.5, 0.6) is 0 Å². The first-order valence-electron chi connectivity index (χ1n) is 6.58. The van der Waals surface area contributed by atoms with Crippen molar-refractivity contribution < 1.29 is 9.59 Å². The van der Waals surface area contributed by atoms with E-state index in [2.05, 4.69) is 21.2 Å². The molecule has 5 nitrogen and oxygen atoms in total. The Morgan fingerprint density at radius 1 is 1.42 bits per heavy atom. The van der Waals surface area contributed by atoms with Gasteiger partial charge < -0.3 is 14.8 Å². The van der Waals surface area contributed by atoms with Crippen LogP contribution in [0.4, 0.5) is 0 Å². The van der Waals surface area contributed by atoms with E-state index >= 15 is 0 Å². The monoisotopic (exact) mass is 325 g/mol. The van der Waals surface area contributed by atoms with Crippen LogP contribution in [-0.2, 0) is 4.79 Å². The molecule has 0 atom stereocenters. The highest BCUT2D eigenvalue weighted by Crippen LogP contribution is 2.37. The summed E-state index contributed by atoms with van der Waals surface area (Å²) in [4.78, 5) is 25.8. The molecule has 1 aliphatic carbocycles. The minimum absolute atomic E-state index is 0.0466. The van der Waals surface area contributed by atoms with Gasteiger partial charge in [0.15, 0.2) is 0 Å². The second-order valence-corrected chi connectivity index (χ2v) is 6.03. The fraction of sp³-hybridized carbons (Fsp3) is 0.538. The molecule has 2 aliphatic rings. The van der Waals surface area contributed by atoms with Gasteiger partial charge in [-0.1, -0.05) is 0 Å². The molecule has 2 fully saturated rings. The van der Waals surface area contributed by atoms with Gasteiger partial charge in [0.2, 0.25) is 5.91 Å². The van der Waals surface area contributed by atoms with Crippen molar-refractivity contribution in [3.8, 4) is 0 Å². The van der Waals surface area contributed by atoms with Crippen LogP contribution >= 0.6 is 15.9 Å². The van der Waals surface area contributed by atoms with Crippen LogP contribution in [0.15, 0.2) is 16.7 Å². The van der Waals surface area contributed by atoms with E-state index in [1.54, 1.807) is 4.90 Å². The van der Waals surface area contributed by atoms with Crippen molar-refractivity contribution in [2.75, 3.05) is 19.6 Å². The number of carbonyl (C=O) groups is 2. The van der Waals surface area contributed by atoms with Gasteiger partial charge in [-0.15, -0.1) is 0 Å². The number of nitrogens with one attached hydrogen (secondary N) is 1. The van der Waals surface area contributed by atoms with Gasteiger partial charge in [-0.05, 0) is 41.3 Å². The lowest BCUT2D eigenvalue weighted by atomic mass is 10.3. The predicted molar refractivity (Wildman–Crippen MR) is 73.9 cm³/mol. The maximum Gasteiger partial charge on any atom is 0.270 e. The van der Waals surface area contributed by atoms with Gasteiger partial charge in [0.05, 0.1) is 6.54 Å². The summed E-state index contributed by atoms with van der Waals surface area (Å²) in [6.07, 6.45) is 5.02. The number of amides is 2. The van der Waals surface area contributed by atoms with Crippen molar-refractivity contribution in [3.63, 3.8) is 0 Å². The van der Waals surface area contributed by atoms with E-state index in [4.69, 9.17) is 0 Å². The summed E-state index contributed by atoms with van der Waals surface area (Å²) in [7, 11) is 0. The molecule has 0 radical (unpaired) electrons. The second kappa shape index (κ2) is 5.00. The average Bonchev–Trinajstić information content (AvgIpc) is 3.17. The first kappa shape index (κ1) is 12.7. The van der Waals surface area contributed by atoms with Crippen LogP contribution in [0.3, 0.4) is 0 Å². The van der Waals surface area contributed by atoms with Crippen molar-refractivity contribution in [2.24, 2.45) is 0 Å². The molecule has 1 saturated carbocycles. The highest BCUT2D eigenvalue weighted by molar-refractivity contribution is 9.10. The van der Waals surface area contributed by atoms with Crippen LogP contribution in [-0.4, -0.2) is 40.9 Å². The zero-order chi connectivity index (χ0) is 13.4. The van der Waals surface area contributed by atoms with E-state index in [9.17, 15) is 9.59 Å². The molecular formula is C13H16BrN3O2. The molecule has 0 unspecified atom stereocenters. The Morgan fingerprint density at radius 3 is 2.95 bits per heavy atom. The molecule has 1 N–H and O–H groups in total. The van der Waals surface area contributed by atoms with E-state index in [1.807, 2.05) is 16.8 Å². The van der Waals surface area contributed by atoms with Gasteiger partial charge in [0, 0.05) is 29.8 Å².